The highest BCUT2D eigenvalue weighted by Crippen LogP contribution is 2.26. The Hall–Kier alpha value is -2.28. The minimum Gasteiger partial charge on any atom is -0.335 e. The molecule has 2 aromatic heterocycles. The predicted molar refractivity (Wildman–Crippen MR) is 108 cm³/mol. The molecule has 1 N–H and O–H groups in total. The summed E-state index contributed by atoms with van der Waals surface area (Å²) in [7, 11) is 0. The lowest BCUT2D eigenvalue weighted by molar-refractivity contribution is -0.132. The predicted octanol–water partition coefficient (Wildman–Crippen LogP) is 2.90. The molecule has 1 atom stereocenters. The average molecular weight is 385 g/mol. The van der Waals surface area contributed by atoms with E-state index in [-0.39, 0.29) is 17.4 Å². The zero-order chi connectivity index (χ0) is 20.1. The Morgan fingerprint density at radius 2 is 1.96 bits per heavy atom. The number of hydrogen-bond acceptors (Lipinski definition) is 5. The minimum atomic E-state index is 0.0589. The van der Waals surface area contributed by atoms with Gasteiger partial charge in [0.15, 0.2) is 0 Å². The van der Waals surface area contributed by atoms with Gasteiger partial charge < -0.3 is 4.90 Å². The molecule has 1 saturated heterocycles. The van der Waals surface area contributed by atoms with E-state index >= 15 is 0 Å². The summed E-state index contributed by atoms with van der Waals surface area (Å²) in [5.41, 5.74) is 3.52. The zero-order valence-corrected chi connectivity index (χ0v) is 17.5. The van der Waals surface area contributed by atoms with Crippen LogP contribution in [0.1, 0.15) is 63.8 Å². The van der Waals surface area contributed by atoms with Crippen molar-refractivity contribution in [1.82, 2.24) is 30.0 Å². The van der Waals surface area contributed by atoms with Gasteiger partial charge >= 0.3 is 0 Å². The van der Waals surface area contributed by atoms with E-state index in [4.69, 9.17) is 0 Å². The first kappa shape index (κ1) is 20.5. The van der Waals surface area contributed by atoms with Crippen molar-refractivity contribution >= 4 is 5.91 Å². The molecule has 2 aromatic rings. The third-order valence-corrected chi connectivity index (χ3v) is 5.46. The van der Waals surface area contributed by atoms with Gasteiger partial charge in [0.25, 0.3) is 0 Å². The zero-order valence-electron chi connectivity index (χ0n) is 17.5. The smallest absolute Gasteiger partial charge is 0.219 e. The number of rotatable bonds is 5. The topological polar surface area (TPSA) is 78.0 Å². The average Bonchev–Trinajstić information content (AvgIpc) is 3.00. The van der Waals surface area contributed by atoms with Crippen molar-refractivity contribution in [2.24, 2.45) is 0 Å². The Balaban J connectivity index is 1.64. The van der Waals surface area contributed by atoms with Gasteiger partial charge in [-0.3, -0.25) is 14.8 Å². The summed E-state index contributed by atoms with van der Waals surface area (Å²) in [4.78, 5) is 24.9. The number of H-pyrrole nitrogens is 1. The molecule has 1 amide bonds. The fourth-order valence-electron chi connectivity index (χ4n) is 4.04. The van der Waals surface area contributed by atoms with Crippen molar-refractivity contribution in [2.75, 3.05) is 13.1 Å². The van der Waals surface area contributed by atoms with E-state index in [9.17, 15) is 4.79 Å². The lowest BCUT2D eigenvalue weighted by Crippen LogP contribution is -2.39. The maximum atomic E-state index is 12.3. The van der Waals surface area contributed by atoms with Crippen molar-refractivity contribution in [2.45, 2.75) is 71.5 Å². The van der Waals surface area contributed by atoms with Crippen molar-refractivity contribution in [3.63, 3.8) is 0 Å². The number of hydrogen-bond donors (Lipinski definition) is 1. The van der Waals surface area contributed by atoms with Crippen molar-refractivity contribution in [1.29, 1.82) is 0 Å². The Kier molecular flexibility index (Phi) is 6.44. The van der Waals surface area contributed by atoms with Gasteiger partial charge in [-0.15, -0.1) is 0 Å². The molecule has 3 heterocycles. The van der Waals surface area contributed by atoms with Gasteiger partial charge in [-0.25, -0.2) is 9.97 Å². The Bertz CT molecular complexity index is 767. The summed E-state index contributed by atoms with van der Waals surface area (Å²) in [6.07, 6.45) is 10.2. The van der Waals surface area contributed by atoms with Crippen LogP contribution in [0.3, 0.4) is 0 Å². The molecule has 7 heteroatoms. The highest BCUT2D eigenvalue weighted by atomic mass is 16.2. The third kappa shape index (κ3) is 5.16. The summed E-state index contributed by atoms with van der Waals surface area (Å²) in [5, 5.41) is 7.45. The van der Waals surface area contributed by atoms with Crippen LogP contribution in [0.25, 0.3) is 0 Å². The SMILES string of the molecule is CC(=O)N(Cc1cncnc1)[C@@H]1CCCN(Cc2cn[nH]c2C(C)(C)C)CC1. The van der Waals surface area contributed by atoms with Crippen LogP contribution < -0.4 is 0 Å². The van der Waals surface area contributed by atoms with Crippen molar-refractivity contribution < 1.29 is 4.79 Å². The molecule has 0 saturated carbocycles. The Morgan fingerprint density at radius 1 is 1.21 bits per heavy atom. The molecule has 0 bridgehead atoms. The third-order valence-electron chi connectivity index (χ3n) is 5.46. The number of nitrogens with zero attached hydrogens (tertiary/aromatic N) is 5. The van der Waals surface area contributed by atoms with Crippen molar-refractivity contribution in [3.8, 4) is 0 Å². The van der Waals surface area contributed by atoms with E-state index in [1.54, 1.807) is 19.3 Å². The number of carbonyl (C=O) groups is 1. The maximum Gasteiger partial charge on any atom is 0.219 e. The number of aromatic nitrogens is 4. The number of likely N-dealkylation sites (tertiary alicyclic amines) is 1. The van der Waals surface area contributed by atoms with Crippen LogP contribution in [-0.4, -0.2) is 55.0 Å². The first-order valence-electron chi connectivity index (χ1n) is 10.1. The number of aromatic amines is 1. The van der Waals surface area contributed by atoms with Crippen molar-refractivity contribution in [3.05, 3.63) is 41.7 Å². The Morgan fingerprint density at radius 3 is 2.64 bits per heavy atom. The molecule has 0 spiro atoms. The molecule has 28 heavy (non-hydrogen) atoms. The van der Waals surface area contributed by atoms with Gasteiger partial charge in [-0.1, -0.05) is 20.8 Å². The molecule has 1 fully saturated rings. The first-order chi connectivity index (χ1) is 13.3. The van der Waals surface area contributed by atoms with Gasteiger partial charge in [-0.2, -0.15) is 5.10 Å². The van der Waals surface area contributed by atoms with Gasteiger partial charge in [0.1, 0.15) is 6.33 Å². The first-order valence-corrected chi connectivity index (χ1v) is 10.1. The normalized spacial score (nSPS) is 18.6. The molecule has 1 aliphatic heterocycles. The number of nitrogens with one attached hydrogen (secondary N) is 1. The van der Waals surface area contributed by atoms with Gasteiger partial charge in [-0.05, 0) is 25.8 Å². The fraction of sp³-hybridized carbons (Fsp3) is 0.619. The molecular formula is C21H32N6O. The molecule has 0 unspecified atom stereocenters. The monoisotopic (exact) mass is 384 g/mol. The summed E-state index contributed by atoms with van der Waals surface area (Å²) >= 11 is 0. The fourth-order valence-corrected chi connectivity index (χ4v) is 4.04. The molecule has 0 radical (unpaired) electrons. The van der Waals surface area contributed by atoms with Crippen LogP contribution in [0, 0.1) is 0 Å². The van der Waals surface area contributed by atoms with Crippen LogP contribution in [0.4, 0.5) is 0 Å². The van der Waals surface area contributed by atoms with E-state index in [1.807, 2.05) is 11.1 Å². The second-order valence-corrected chi connectivity index (χ2v) is 8.77. The van der Waals surface area contributed by atoms with Crippen LogP contribution in [0.15, 0.2) is 24.9 Å². The molecular weight excluding hydrogens is 352 g/mol. The van der Waals surface area contributed by atoms with Gasteiger partial charge in [0, 0.05) is 67.2 Å². The summed E-state index contributed by atoms with van der Waals surface area (Å²) in [5.74, 6) is 0.118. The van der Waals surface area contributed by atoms with E-state index in [2.05, 4.69) is 45.8 Å². The molecule has 0 aliphatic carbocycles. The van der Waals surface area contributed by atoms with Crippen LogP contribution in [0.5, 0.6) is 0 Å². The standard InChI is InChI=1S/C21H32N6O/c1-16(28)27(13-17-10-22-15-23-11-17)19-6-5-8-26(9-7-19)14-18-12-24-25-20(18)21(2,3)4/h10-12,15,19H,5-9,13-14H2,1-4H3,(H,24,25)/t19-/m1/s1. The highest BCUT2D eigenvalue weighted by molar-refractivity contribution is 5.73. The molecule has 7 nitrogen and oxygen atoms in total. The van der Waals surface area contributed by atoms with Gasteiger partial charge in [0.2, 0.25) is 5.91 Å². The lowest BCUT2D eigenvalue weighted by Gasteiger charge is -2.30. The summed E-state index contributed by atoms with van der Waals surface area (Å²) in [6, 6.07) is 0.258. The van der Waals surface area contributed by atoms with Crippen LogP contribution >= 0.6 is 0 Å². The van der Waals surface area contributed by atoms with Crippen LogP contribution in [0.2, 0.25) is 0 Å². The van der Waals surface area contributed by atoms with E-state index in [0.717, 1.165) is 44.5 Å². The van der Waals surface area contributed by atoms with Gasteiger partial charge in [0.05, 0.1) is 6.20 Å². The molecule has 1 aliphatic rings. The maximum absolute atomic E-state index is 12.3. The minimum absolute atomic E-state index is 0.0589. The number of amides is 1. The van der Waals surface area contributed by atoms with E-state index < -0.39 is 0 Å². The lowest BCUT2D eigenvalue weighted by atomic mass is 9.89. The van der Waals surface area contributed by atoms with E-state index in [0.29, 0.717) is 6.54 Å². The van der Waals surface area contributed by atoms with Crippen LogP contribution in [-0.2, 0) is 23.3 Å². The summed E-state index contributed by atoms with van der Waals surface area (Å²) < 4.78 is 0. The molecule has 3 rings (SSSR count). The number of carbonyl (C=O) groups excluding carboxylic acids is 1. The highest BCUT2D eigenvalue weighted by Gasteiger charge is 2.26. The quantitative estimate of drug-likeness (QED) is 0.858. The second kappa shape index (κ2) is 8.82. The summed E-state index contributed by atoms with van der Waals surface area (Å²) in [6.45, 7) is 11.8. The Labute approximate surface area is 167 Å². The molecule has 152 valence electrons. The largest absolute Gasteiger partial charge is 0.335 e. The van der Waals surface area contributed by atoms with E-state index in [1.165, 1.54) is 17.6 Å². The molecule has 0 aromatic carbocycles. The second-order valence-electron chi connectivity index (χ2n) is 8.77.